The molecule has 0 saturated heterocycles. The Kier molecular flexibility index (Phi) is 4.82. The molecule has 0 amide bonds. The molecule has 0 fully saturated rings. The molecule has 0 aliphatic heterocycles. The molecule has 0 atom stereocenters. The highest BCUT2D eigenvalue weighted by Gasteiger charge is 2.24. The van der Waals surface area contributed by atoms with Gasteiger partial charge in [-0.3, -0.25) is 4.79 Å². The van der Waals surface area contributed by atoms with Gasteiger partial charge in [-0.2, -0.15) is 0 Å². The summed E-state index contributed by atoms with van der Waals surface area (Å²) in [4.78, 5) is 20.1. The van der Waals surface area contributed by atoms with Crippen molar-refractivity contribution >= 4 is 60.2 Å². The topological polar surface area (TPSA) is 91.1 Å². The maximum atomic E-state index is 13.5. The average Bonchev–Trinajstić information content (AvgIpc) is 3.29. The lowest BCUT2D eigenvalue weighted by molar-refractivity contribution is -0.140. The first-order chi connectivity index (χ1) is 13.4. The summed E-state index contributed by atoms with van der Waals surface area (Å²) in [6, 6.07) is 9.57. The number of aromatic nitrogens is 3. The lowest BCUT2D eigenvalue weighted by Gasteiger charge is -2.12. The molecule has 0 unspecified atom stereocenters. The van der Waals surface area contributed by atoms with Gasteiger partial charge in [-0.05, 0) is 42.8 Å². The highest BCUT2D eigenvalue weighted by molar-refractivity contribution is 7.90. The van der Waals surface area contributed by atoms with Crippen molar-refractivity contribution < 1.29 is 17.9 Å². The number of thiazole rings is 1. The van der Waals surface area contributed by atoms with Crippen LogP contribution in [0.25, 0.3) is 21.3 Å². The summed E-state index contributed by atoms with van der Waals surface area (Å²) >= 11 is 7.33. The molecule has 144 valence electrons. The monoisotopic (exact) mass is 435 g/mol. The van der Waals surface area contributed by atoms with Crippen LogP contribution in [-0.2, 0) is 26.0 Å². The van der Waals surface area contributed by atoms with Gasteiger partial charge in [0.2, 0.25) is 0 Å². The lowest BCUT2D eigenvalue weighted by atomic mass is 10.2. The molecular weight excluding hydrogens is 422 g/mol. The first-order valence-electron chi connectivity index (χ1n) is 8.22. The summed E-state index contributed by atoms with van der Waals surface area (Å²) in [6.07, 6.45) is 0.229. The maximum Gasteiger partial charge on any atom is 0.305 e. The second kappa shape index (κ2) is 7.16. The van der Waals surface area contributed by atoms with Gasteiger partial charge in [-0.1, -0.05) is 11.6 Å². The molecule has 1 aromatic carbocycles. The molecule has 7 nitrogen and oxygen atoms in total. The molecule has 0 aliphatic rings. The number of esters is 1. The van der Waals surface area contributed by atoms with Crippen LogP contribution in [0.3, 0.4) is 0 Å². The second-order valence-corrected chi connectivity index (χ2v) is 9.06. The van der Waals surface area contributed by atoms with Crippen LogP contribution in [0.5, 0.6) is 0 Å². The number of rotatable bonds is 5. The van der Waals surface area contributed by atoms with E-state index >= 15 is 0 Å². The average molecular weight is 436 g/mol. The van der Waals surface area contributed by atoms with Crippen LogP contribution >= 0.6 is 22.9 Å². The number of hydrogen-bond donors (Lipinski definition) is 0. The molecule has 0 radical (unpaired) electrons. The summed E-state index contributed by atoms with van der Waals surface area (Å²) in [7, 11) is -2.64. The van der Waals surface area contributed by atoms with E-state index in [1.165, 1.54) is 34.6 Å². The largest absolute Gasteiger partial charge is 0.469 e. The van der Waals surface area contributed by atoms with Crippen molar-refractivity contribution in [2.75, 3.05) is 7.11 Å². The van der Waals surface area contributed by atoms with Crippen molar-refractivity contribution in [3.05, 3.63) is 52.8 Å². The number of halogens is 1. The van der Waals surface area contributed by atoms with Crippen LogP contribution in [0.1, 0.15) is 12.1 Å². The third kappa shape index (κ3) is 3.25. The van der Waals surface area contributed by atoms with E-state index in [4.69, 9.17) is 11.6 Å². The third-order valence-electron chi connectivity index (χ3n) is 4.31. The fraction of sp³-hybridized carbons (Fsp3) is 0.167. The van der Waals surface area contributed by atoms with Crippen molar-refractivity contribution in [2.45, 2.75) is 17.7 Å². The van der Waals surface area contributed by atoms with Crippen LogP contribution in [-0.4, -0.2) is 35.4 Å². The minimum absolute atomic E-state index is 0.0456. The van der Waals surface area contributed by atoms with Crippen molar-refractivity contribution in [3.63, 3.8) is 0 Å². The number of aryl methyl sites for hydroxylation is 1. The van der Waals surface area contributed by atoms with E-state index in [0.29, 0.717) is 16.7 Å². The Bertz CT molecular complexity index is 1310. The molecular formula is C18H14ClN3O4S2. The standard InChI is InChI=1S/C18H14ClN3O4S2/c1-26-18(23)7-2-11-8-14-15(5-6-17(19)21-14)22(11)28(24,25)12-3-4-13-16(9-12)27-10-20-13/h3-6,8-10H,2,7H2,1H3. The van der Waals surface area contributed by atoms with Gasteiger partial charge < -0.3 is 4.74 Å². The summed E-state index contributed by atoms with van der Waals surface area (Å²) in [5.74, 6) is -0.425. The van der Waals surface area contributed by atoms with Crippen LogP contribution in [0.2, 0.25) is 5.15 Å². The van der Waals surface area contributed by atoms with Gasteiger partial charge in [-0.25, -0.2) is 22.4 Å². The normalized spacial score (nSPS) is 11.9. The molecule has 0 aliphatic carbocycles. The molecule has 0 bridgehead atoms. The maximum absolute atomic E-state index is 13.5. The summed E-state index contributed by atoms with van der Waals surface area (Å²) in [6.45, 7) is 0. The van der Waals surface area contributed by atoms with E-state index in [0.717, 1.165) is 10.2 Å². The molecule has 3 heterocycles. The zero-order chi connectivity index (χ0) is 19.9. The van der Waals surface area contributed by atoms with Crippen LogP contribution in [0, 0.1) is 0 Å². The Morgan fingerprint density at radius 3 is 2.82 bits per heavy atom. The lowest BCUT2D eigenvalue weighted by Crippen LogP contribution is -2.16. The third-order valence-corrected chi connectivity index (χ3v) is 7.07. The highest BCUT2D eigenvalue weighted by Crippen LogP contribution is 2.29. The van der Waals surface area contributed by atoms with E-state index in [2.05, 4.69) is 14.7 Å². The van der Waals surface area contributed by atoms with E-state index < -0.39 is 16.0 Å². The van der Waals surface area contributed by atoms with E-state index in [-0.39, 0.29) is 22.9 Å². The Labute approximate surface area is 169 Å². The summed E-state index contributed by atoms with van der Waals surface area (Å²) < 4.78 is 33.6. The molecule has 28 heavy (non-hydrogen) atoms. The Hall–Kier alpha value is -2.49. The summed E-state index contributed by atoms with van der Waals surface area (Å²) in [5, 5.41) is 0.257. The zero-order valence-corrected chi connectivity index (χ0v) is 17.0. The van der Waals surface area contributed by atoms with Crippen molar-refractivity contribution in [3.8, 4) is 0 Å². The fourth-order valence-electron chi connectivity index (χ4n) is 2.98. The minimum Gasteiger partial charge on any atom is -0.469 e. The van der Waals surface area contributed by atoms with Gasteiger partial charge in [0.1, 0.15) is 5.15 Å². The van der Waals surface area contributed by atoms with Crippen LogP contribution < -0.4 is 0 Å². The molecule has 0 spiro atoms. The number of benzene rings is 1. The number of methoxy groups -OCH3 is 1. The van der Waals surface area contributed by atoms with Crippen molar-refractivity contribution in [2.24, 2.45) is 0 Å². The summed E-state index contributed by atoms with van der Waals surface area (Å²) in [5.41, 5.74) is 3.67. The predicted molar refractivity (Wildman–Crippen MR) is 107 cm³/mol. The predicted octanol–water partition coefficient (Wildman–Crippen LogP) is 3.64. The quantitative estimate of drug-likeness (QED) is 0.351. The number of carbonyl (C=O) groups is 1. The van der Waals surface area contributed by atoms with Crippen LogP contribution in [0.4, 0.5) is 0 Å². The van der Waals surface area contributed by atoms with Gasteiger partial charge in [0.25, 0.3) is 10.0 Å². The van der Waals surface area contributed by atoms with Crippen molar-refractivity contribution in [1.29, 1.82) is 0 Å². The van der Waals surface area contributed by atoms with Gasteiger partial charge in [0.05, 0.1) is 45.2 Å². The number of carbonyl (C=O) groups excluding carboxylic acids is 1. The molecule has 3 aromatic heterocycles. The van der Waals surface area contributed by atoms with Gasteiger partial charge >= 0.3 is 5.97 Å². The number of ether oxygens (including phenoxy) is 1. The van der Waals surface area contributed by atoms with Gasteiger partial charge in [-0.15, -0.1) is 11.3 Å². The molecule has 0 saturated carbocycles. The first-order valence-corrected chi connectivity index (χ1v) is 10.9. The van der Waals surface area contributed by atoms with Gasteiger partial charge in [0.15, 0.2) is 0 Å². The van der Waals surface area contributed by atoms with E-state index in [1.54, 1.807) is 29.8 Å². The SMILES string of the molecule is COC(=O)CCc1cc2nc(Cl)ccc2n1S(=O)(=O)c1ccc2ncsc2c1. The number of fused-ring (bicyclic) bond motifs is 2. The first kappa shape index (κ1) is 18.9. The molecule has 4 rings (SSSR count). The van der Waals surface area contributed by atoms with E-state index in [1.807, 2.05) is 0 Å². The number of pyridine rings is 1. The highest BCUT2D eigenvalue weighted by atomic mass is 35.5. The molecule has 0 N–H and O–H groups in total. The van der Waals surface area contributed by atoms with Crippen molar-refractivity contribution in [1.82, 2.24) is 13.9 Å². The zero-order valence-electron chi connectivity index (χ0n) is 14.6. The smallest absolute Gasteiger partial charge is 0.305 e. The van der Waals surface area contributed by atoms with Gasteiger partial charge in [0, 0.05) is 5.69 Å². The molecule has 10 heteroatoms. The Morgan fingerprint density at radius 2 is 2.04 bits per heavy atom. The Morgan fingerprint density at radius 1 is 1.21 bits per heavy atom. The fourth-order valence-corrected chi connectivity index (χ4v) is 5.51. The second-order valence-electron chi connectivity index (χ2n) is 6.00. The number of nitrogens with zero attached hydrogens (tertiary/aromatic N) is 3. The van der Waals surface area contributed by atoms with E-state index in [9.17, 15) is 13.2 Å². The minimum atomic E-state index is -3.93. The Balaban J connectivity index is 1.90. The van der Waals surface area contributed by atoms with Crippen LogP contribution in [0.15, 0.2) is 46.8 Å². The molecule has 4 aromatic rings. The number of hydrogen-bond acceptors (Lipinski definition) is 7.